The molecular formula is C7H8BrOTe+. The number of ether oxygens (including phenoxy) is 1. The van der Waals surface area contributed by atoms with Gasteiger partial charge in [0.05, 0.1) is 0 Å². The van der Waals surface area contributed by atoms with Crippen molar-refractivity contribution in [3.8, 4) is 5.75 Å². The Balaban J connectivity index is 3.07. The van der Waals surface area contributed by atoms with Crippen molar-refractivity contribution >= 4 is 41.8 Å². The molecule has 0 unspecified atom stereocenters. The van der Waals surface area contributed by atoms with Crippen LogP contribution >= 0.6 is 15.9 Å². The summed E-state index contributed by atoms with van der Waals surface area (Å²) < 4.78 is 6.48. The second kappa shape index (κ2) is 3.61. The Morgan fingerprint density at radius 2 is 2.20 bits per heavy atom. The van der Waals surface area contributed by atoms with Crippen LogP contribution in [0.2, 0.25) is 0 Å². The number of hydrogen-bond acceptors (Lipinski definition) is 0. The van der Waals surface area contributed by atoms with E-state index < -0.39 is 0 Å². The van der Waals surface area contributed by atoms with E-state index in [0.29, 0.717) is 0 Å². The van der Waals surface area contributed by atoms with Crippen molar-refractivity contribution in [2.24, 2.45) is 0 Å². The van der Waals surface area contributed by atoms with E-state index in [-0.39, 0.29) is 0 Å². The third-order valence-electron chi connectivity index (χ3n) is 1.18. The molecule has 0 aliphatic rings. The summed E-state index contributed by atoms with van der Waals surface area (Å²) in [6.45, 7) is 0. The predicted molar refractivity (Wildman–Crippen MR) is 48.5 cm³/mol. The van der Waals surface area contributed by atoms with Gasteiger partial charge in [-0.2, -0.15) is 0 Å². The van der Waals surface area contributed by atoms with Crippen molar-refractivity contribution < 1.29 is 4.74 Å². The summed E-state index contributed by atoms with van der Waals surface area (Å²) in [4.78, 5) is 0. The van der Waals surface area contributed by atoms with E-state index in [9.17, 15) is 0 Å². The third kappa shape index (κ3) is 1.88. The van der Waals surface area contributed by atoms with Gasteiger partial charge < -0.3 is 0 Å². The molecule has 0 aliphatic carbocycles. The van der Waals surface area contributed by atoms with Gasteiger partial charge in [-0.1, -0.05) is 0 Å². The van der Waals surface area contributed by atoms with Gasteiger partial charge in [-0.15, -0.1) is 0 Å². The molecule has 54 valence electrons. The van der Waals surface area contributed by atoms with Crippen LogP contribution in [0.25, 0.3) is 0 Å². The molecule has 3 heteroatoms. The van der Waals surface area contributed by atoms with Crippen LogP contribution in [0.3, 0.4) is 0 Å². The molecule has 1 aromatic carbocycles. The molecule has 10 heavy (non-hydrogen) atoms. The second-order valence-corrected chi connectivity index (χ2v) is 4.15. The van der Waals surface area contributed by atoms with Gasteiger partial charge in [0.15, 0.2) is 0 Å². The van der Waals surface area contributed by atoms with E-state index >= 15 is 0 Å². The normalized spacial score (nSPS) is 9.50. The average molecular weight is 316 g/mol. The van der Waals surface area contributed by atoms with Crippen LogP contribution in [0, 0.1) is 0 Å². The minimum atomic E-state index is 1.08. The number of aliphatic hydroxyl groups is 1. The van der Waals surface area contributed by atoms with E-state index in [2.05, 4.69) is 26.7 Å². The zero-order valence-corrected chi connectivity index (χ0v) is 9.64. The van der Waals surface area contributed by atoms with Gasteiger partial charge in [-0.3, -0.25) is 0 Å². The topological polar surface area (TPSA) is 12.8 Å². The van der Waals surface area contributed by atoms with Gasteiger partial charge in [0, 0.05) is 0 Å². The SMILES string of the molecule is C[OH+]c1ccc(Br)cc1[TeH]. The zero-order chi connectivity index (χ0) is 7.56. The second-order valence-electron chi connectivity index (χ2n) is 1.86. The van der Waals surface area contributed by atoms with Gasteiger partial charge in [-0.05, 0) is 0 Å². The fourth-order valence-electron chi connectivity index (χ4n) is 0.686. The minimum absolute atomic E-state index is 1.08. The average Bonchev–Trinajstić information content (AvgIpc) is 1.88. The molecule has 0 bridgehead atoms. The number of aromatic hydroxyl groups is 1. The molecule has 1 nitrogen and oxygen atoms in total. The van der Waals surface area contributed by atoms with E-state index in [1.54, 1.807) is 22.3 Å². The summed E-state index contributed by atoms with van der Waals surface area (Å²) in [5.41, 5.74) is 0. The monoisotopic (exact) mass is 317 g/mol. The molecule has 0 amide bonds. The van der Waals surface area contributed by atoms with Gasteiger partial charge in [0.2, 0.25) is 0 Å². The summed E-state index contributed by atoms with van der Waals surface area (Å²) >= 11 is 5.08. The molecule has 0 aromatic heterocycles. The molecule has 0 radical (unpaired) electrons. The van der Waals surface area contributed by atoms with Crippen molar-refractivity contribution in [3.05, 3.63) is 22.7 Å². The maximum atomic E-state index is 4.10. The Bertz CT molecular complexity index is 237. The zero-order valence-electron chi connectivity index (χ0n) is 5.50. The van der Waals surface area contributed by atoms with Gasteiger partial charge in [0.1, 0.15) is 0 Å². The van der Waals surface area contributed by atoms with Gasteiger partial charge in [0.25, 0.3) is 0 Å². The van der Waals surface area contributed by atoms with Crippen LogP contribution in [0.15, 0.2) is 22.7 Å². The quantitative estimate of drug-likeness (QED) is 0.538. The first kappa shape index (κ1) is 8.39. The molecule has 1 rings (SSSR count). The van der Waals surface area contributed by atoms with Crippen LogP contribution in [-0.4, -0.2) is 34.1 Å². The maximum absolute atomic E-state index is 4.10. The van der Waals surface area contributed by atoms with Crippen molar-refractivity contribution in [2.45, 2.75) is 0 Å². The third-order valence-corrected chi connectivity index (χ3v) is 2.69. The first-order chi connectivity index (χ1) is 4.74. The van der Waals surface area contributed by atoms with E-state index in [1.807, 2.05) is 19.2 Å². The van der Waals surface area contributed by atoms with Crippen LogP contribution in [0.1, 0.15) is 0 Å². The Labute approximate surface area is 81.8 Å². The van der Waals surface area contributed by atoms with Gasteiger partial charge in [-0.25, -0.2) is 0 Å². The van der Waals surface area contributed by atoms with Crippen LogP contribution in [0.5, 0.6) is 5.75 Å². The van der Waals surface area contributed by atoms with Gasteiger partial charge >= 0.3 is 82.1 Å². The molecule has 0 aliphatic heterocycles. The predicted octanol–water partition coefficient (Wildman–Crippen LogP) is 0.846. The Kier molecular flexibility index (Phi) is 3.03. The van der Waals surface area contributed by atoms with E-state index in [4.69, 9.17) is 0 Å². The molecule has 0 atom stereocenters. The summed E-state index contributed by atoms with van der Waals surface area (Å²) in [6, 6.07) is 6.10. The number of halogens is 1. The molecule has 1 N–H and O–H groups in total. The Hall–Kier alpha value is 0.290. The molecule has 1 aromatic rings. The molecule has 0 saturated carbocycles. The molecule has 0 saturated heterocycles. The molecule has 0 spiro atoms. The van der Waals surface area contributed by atoms with Crippen molar-refractivity contribution in [3.63, 3.8) is 0 Å². The van der Waals surface area contributed by atoms with Crippen molar-refractivity contribution in [1.82, 2.24) is 0 Å². The van der Waals surface area contributed by atoms with Crippen LogP contribution in [0.4, 0.5) is 0 Å². The number of hydrogen-bond donors (Lipinski definition) is 0. The van der Waals surface area contributed by atoms with E-state index in [1.165, 1.54) is 3.61 Å². The number of rotatable bonds is 1. The fourth-order valence-corrected chi connectivity index (χ4v) is 2.47. The number of benzene rings is 1. The summed E-state index contributed by atoms with van der Waals surface area (Å²) in [7, 11) is 1.81. The first-order valence-electron chi connectivity index (χ1n) is 2.82. The van der Waals surface area contributed by atoms with E-state index in [0.717, 1.165) is 10.2 Å². The van der Waals surface area contributed by atoms with Crippen LogP contribution < -0.4 is 3.61 Å². The molecule has 0 heterocycles. The Morgan fingerprint density at radius 3 is 2.70 bits per heavy atom. The fraction of sp³-hybridized carbons (Fsp3) is 0.143. The van der Waals surface area contributed by atoms with Crippen LogP contribution in [-0.2, 0) is 0 Å². The standard InChI is InChI=1S/C7H7BrOTe/c1-9-6-3-2-5(8)4-7(6)10/h2-4,10H,1H3/p+1. The molecule has 0 fully saturated rings. The molecular weight excluding hydrogens is 308 g/mol. The Morgan fingerprint density at radius 1 is 1.50 bits per heavy atom. The van der Waals surface area contributed by atoms with Crippen molar-refractivity contribution in [1.29, 1.82) is 0 Å². The summed E-state index contributed by atoms with van der Waals surface area (Å²) in [6.07, 6.45) is 0. The summed E-state index contributed by atoms with van der Waals surface area (Å²) in [5.74, 6) is 1.08. The van der Waals surface area contributed by atoms with Crippen molar-refractivity contribution in [2.75, 3.05) is 7.11 Å². The summed E-state index contributed by atoms with van der Waals surface area (Å²) in [5, 5.41) is 0. The first-order valence-corrected chi connectivity index (χ1v) is 4.89.